The molecule has 2 aliphatic heterocycles. The number of esters is 1. The van der Waals surface area contributed by atoms with Crippen LogP contribution in [0.25, 0.3) is 0 Å². The summed E-state index contributed by atoms with van der Waals surface area (Å²) in [6, 6.07) is 8.51. The number of nitrogens with one attached hydrogen (secondary N) is 1. The first-order valence-electron chi connectivity index (χ1n) is 10.3. The van der Waals surface area contributed by atoms with E-state index in [1.54, 1.807) is 0 Å². The van der Waals surface area contributed by atoms with Crippen molar-refractivity contribution in [3.05, 3.63) is 29.8 Å². The number of rotatable bonds is 5. The molecule has 0 spiro atoms. The van der Waals surface area contributed by atoms with Gasteiger partial charge in [-0.25, -0.2) is 0 Å². The molecule has 154 valence electrons. The van der Waals surface area contributed by atoms with Crippen LogP contribution in [0.3, 0.4) is 0 Å². The molecule has 0 aliphatic carbocycles. The van der Waals surface area contributed by atoms with Gasteiger partial charge in [-0.3, -0.25) is 9.79 Å². The van der Waals surface area contributed by atoms with E-state index >= 15 is 0 Å². The van der Waals surface area contributed by atoms with Crippen molar-refractivity contribution >= 4 is 17.6 Å². The van der Waals surface area contributed by atoms with Gasteiger partial charge in [-0.15, -0.1) is 0 Å². The Hall–Kier alpha value is -2.28. The predicted molar refractivity (Wildman–Crippen MR) is 111 cm³/mol. The molecular weight excluding hydrogens is 356 g/mol. The second kappa shape index (κ2) is 10.3. The fourth-order valence-electron chi connectivity index (χ4n) is 3.87. The van der Waals surface area contributed by atoms with Gasteiger partial charge in [0.05, 0.1) is 25.7 Å². The zero-order valence-corrected chi connectivity index (χ0v) is 17.0. The van der Waals surface area contributed by atoms with E-state index in [4.69, 9.17) is 9.47 Å². The lowest BCUT2D eigenvalue weighted by atomic mass is 9.97. The maximum Gasteiger partial charge on any atom is 0.309 e. The molecule has 1 aromatic rings. The lowest BCUT2D eigenvalue weighted by Gasteiger charge is -2.34. The highest BCUT2D eigenvalue weighted by Crippen LogP contribution is 2.22. The summed E-state index contributed by atoms with van der Waals surface area (Å²) in [7, 11) is 1.81. The smallest absolute Gasteiger partial charge is 0.309 e. The third-order valence-electron chi connectivity index (χ3n) is 5.41. The van der Waals surface area contributed by atoms with Gasteiger partial charge < -0.3 is 24.6 Å². The fraction of sp³-hybridized carbons (Fsp3) is 0.619. The highest BCUT2D eigenvalue weighted by Gasteiger charge is 2.27. The maximum atomic E-state index is 11.9. The first kappa shape index (κ1) is 20.5. The van der Waals surface area contributed by atoms with Gasteiger partial charge in [-0.1, -0.05) is 18.2 Å². The van der Waals surface area contributed by atoms with Gasteiger partial charge in [-0.2, -0.15) is 0 Å². The number of aliphatic imine (C=N–C) groups is 1. The van der Waals surface area contributed by atoms with Crippen molar-refractivity contribution < 1.29 is 14.3 Å². The number of hydrogen-bond donors (Lipinski definition) is 1. The van der Waals surface area contributed by atoms with Gasteiger partial charge >= 0.3 is 5.97 Å². The maximum absolute atomic E-state index is 11.9. The van der Waals surface area contributed by atoms with Crippen LogP contribution >= 0.6 is 0 Å². The molecule has 0 bridgehead atoms. The Kier molecular flexibility index (Phi) is 7.54. The standard InChI is InChI=1S/C21H32N4O3/c1-3-28-20(26)17-8-10-25(11-9-17)21(22-2)23-16-18-6-4-5-7-19(18)24-12-14-27-15-13-24/h4-7,17H,3,8-16H2,1-2H3,(H,22,23). The van der Waals surface area contributed by atoms with Gasteiger partial charge in [0.2, 0.25) is 0 Å². The van der Waals surface area contributed by atoms with E-state index in [9.17, 15) is 4.79 Å². The van der Waals surface area contributed by atoms with Gasteiger partial charge in [0.25, 0.3) is 0 Å². The molecule has 2 saturated heterocycles. The van der Waals surface area contributed by atoms with Crippen molar-refractivity contribution in [1.82, 2.24) is 10.2 Å². The molecule has 3 rings (SSSR count). The first-order chi connectivity index (χ1) is 13.7. The Morgan fingerprint density at radius 1 is 1.21 bits per heavy atom. The van der Waals surface area contributed by atoms with Crippen LogP contribution in [-0.4, -0.2) is 69.9 Å². The number of likely N-dealkylation sites (tertiary alicyclic amines) is 1. The number of guanidine groups is 1. The van der Waals surface area contributed by atoms with E-state index in [0.29, 0.717) is 6.61 Å². The van der Waals surface area contributed by atoms with Crippen LogP contribution in [-0.2, 0) is 20.8 Å². The van der Waals surface area contributed by atoms with Gasteiger partial charge in [-0.05, 0) is 31.4 Å². The number of nitrogens with zero attached hydrogens (tertiary/aromatic N) is 3. The van der Waals surface area contributed by atoms with Crippen molar-refractivity contribution in [2.24, 2.45) is 10.9 Å². The zero-order chi connectivity index (χ0) is 19.8. The molecule has 0 aromatic heterocycles. The summed E-state index contributed by atoms with van der Waals surface area (Å²) in [5, 5.41) is 3.51. The molecule has 0 atom stereocenters. The molecule has 1 N–H and O–H groups in total. The molecule has 7 nitrogen and oxygen atoms in total. The van der Waals surface area contributed by atoms with E-state index in [0.717, 1.165) is 64.7 Å². The molecule has 0 unspecified atom stereocenters. The van der Waals surface area contributed by atoms with Crippen molar-refractivity contribution in [2.75, 3.05) is 57.9 Å². The van der Waals surface area contributed by atoms with E-state index in [1.807, 2.05) is 14.0 Å². The molecule has 0 radical (unpaired) electrons. The van der Waals surface area contributed by atoms with Crippen LogP contribution in [0.15, 0.2) is 29.3 Å². The molecule has 1 aromatic carbocycles. The Morgan fingerprint density at radius 3 is 2.61 bits per heavy atom. The zero-order valence-electron chi connectivity index (χ0n) is 17.0. The first-order valence-corrected chi connectivity index (χ1v) is 10.3. The topological polar surface area (TPSA) is 66.4 Å². The van der Waals surface area contributed by atoms with Crippen LogP contribution in [0.2, 0.25) is 0 Å². The summed E-state index contributed by atoms with van der Waals surface area (Å²) in [5.74, 6) is 0.833. The highest BCUT2D eigenvalue weighted by atomic mass is 16.5. The number of benzene rings is 1. The average Bonchev–Trinajstić information content (AvgIpc) is 2.76. The number of piperidine rings is 1. The summed E-state index contributed by atoms with van der Waals surface area (Å²) >= 11 is 0. The van der Waals surface area contributed by atoms with Crippen LogP contribution in [0.1, 0.15) is 25.3 Å². The Bertz CT molecular complexity index is 665. The monoisotopic (exact) mass is 388 g/mol. The van der Waals surface area contributed by atoms with Crippen LogP contribution in [0.4, 0.5) is 5.69 Å². The van der Waals surface area contributed by atoms with Crippen molar-refractivity contribution in [1.29, 1.82) is 0 Å². The minimum absolute atomic E-state index is 0.0105. The SMILES string of the molecule is CCOC(=O)C1CCN(C(=NC)NCc2ccccc2N2CCOCC2)CC1. The molecular formula is C21H32N4O3. The minimum Gasteiger partial charge on any atom is -0.466 e. The van der Waals surface area contributed by atoms with Crippen molar-refractivity contribution in [3.8, 4) is 0 Å². The second-order valence-electron chi connectivity index (χ2n) is 7.14. The van der Waals surface area contributed by atoms with Gasteiger partial charge in [0.1, 0.15) is 0 Å². The Balaban J connectivity index is 1.56. The van der Waals surface area contributed by atoms with Crippen molar-refractivity contribution in [3.63, 3.8) is 0 Å². The van der Waals surface area contributed by atoms with Gasteiger partial charge in [0, 0.05) is 45.5 Å². The number of ether oxygens (including phenoxy) is 2. The van der Waals surface area contributed by atoms with E-state index in [-0.39, 0.29) is 11.9 Å². The van der Waals surface area contributed by atoms with Crippen LogP contribution in [0, 0.1) is 5.92 Å². The summed E-state index contributed by atoms with van der Waals surface area (Å²) in [6.45, 7) is 8.05. The third kappa shape index (κ3) is 5.16. The average molecular weight is 389 g/mol. The minimum atomic E-state index is -0.0652. The molecule has 2 aliphatic rings. The fourth-order valence-corrected chi connectivity index (χ4v) is 3.87. The van der Waals surface area contributed by atoms with E-state index in [1.165, 1.54) is 11.3 Å². The van der Waals surface area contributed by atoms with Crippen LogP contribution < -0.4 is 10.2 Å². The Labute approximate surface area is 167 Å². The van der Waals surface area contributed by atoms with Crippen molar-refractivity contribution in [2.45, 2.75) is 26.3 Å². The van der Waals surface area contributed by atoms with Gasteiger partial charge in [0.15, 0.2) is 5.96 Å². The molecule has 0 amide bonds. The molecule has 7 heteroatoms. The molecule has 2 fully saturated rings. The summed E-state index contributed by atoms with van der Waals surface area (Å²) in [6.07, 6.45) is 1.62. The normalized spacial score (nSPS) is 18.9. The third-order valence-corrected chi connectivity index (χ3v) is 5.41. The molecule has 28 heavy (non-hydrogen) atoms. The van der Waals surface area contributed by atoms with Crippen LogP contribution in [0.5, 0.6) is 0 Å². The number of morpholine rings is 1. The lowest BCUT2D eigenvalue weighted by Crippen LogP contribution is -2.46. The quantitative estimate of drug-likeness (QED) is 0.472. The highest BCUT2D eigenvalue weighted by molar-refractivity contribution is 5.80. The number of para-hydroxylation sites is 1. The number of carbonyl (C=O) groups excluding carboxylic acids is 1. The summed E-state index contributed by atoms with van der Waals surface area (Å²) < 4.78 is 10.6. The number of carbonyl (C=O) groups is 1. The predicted octanol–water partition coefficient (Wildman–Crippen LogP) is 1.87. The second-order valence-corrected chi connectivity index (χ2v) is 7.14. The number of anilines is 1. The molecule has 0 saturated carbocycles. The summed E-state index contributed by atoms with van der Waals surface area (Å²) in [5.41, 5.74) is 2.52. The van der Waals surface area contributed by atoms with E-state index in [2.05, 4.69) is 44.4 Å². The molecule has 2 heterocycles. The summed E-state index contributed by atoms with van der Waals surface area (Å²) in [4.78, 5) is 21.0. The number of hydrogen-bond acceptors (Lipinski definition) is 5. The van der Waals surface area contributed by atoms with E-state index < -0.39 is 0 Å². The largest absolute Gasteiger partial charge is 0.466 e. The lowest BCUT2D eigenvalue weighted by molar-refractivity contribution is -0.149. The Morgan fingerprint density at radius 2 is 1.93 bits per heavy atom.